The number of benzene rings is 2. The van der Waals surface area contributed by atoms with Crippen LogP contribution in [0.25, 0.3) is 11.1 Å². The smallest absolute Gasteiger partial charge is 0.260 e. The van der Waals surface area contributed by atoms with Crippen LogP contribution in [0.5, 0.6) is 5.75 Å². The quantitative estimate of drug-likeness (QED) is 0.822. The molecule has 132 valence electrons. The van der Waals surface area contributed by atoms with Crippen LogP contribution >= 0.6 is 0 Å². The van der Waals surface area contributed by atoms with Crippen molar-refractivity contribution in [3.8, 4) is 16.9 Å². The molecule has 6 heteroatoms. The molecule has 0 spiro atoms. The average Bonchev–Trinajstić information content (AvgIpc) is 3.00. The first-order chi connectivity index (χ1) is 12.0. The summed E-state index contributed by atoms with van der Waals surface area (Å²) >= 11 is 0. The number of ether oxygens (including phenoxy) is 1. The molecule has 1 aliphatic heterocycles. The molecule has 5 nitrogen and oxygen atoms in total. The van der Waals surface area contributed by atoms with Crippen LogP contribution in [0.4, 0.5) is 0 Å². The third kappa shape index (κ3) is 4.20. The van der Waals surface area contributed by atoms with Crippen molar-refractivity contribution in [2.45, 2.75) is 12.5 Å². The van der Waals surface area contributed by atoms with Crippen molar-refractivity contribution in [3.63, 3.8) is 0 Å². The zero-order valence-corrected chi connectivity index (χ0v) is 14.9. The van der Waals surface area contributed by atoms with Gasteiger partial charge in [-0.25, -0.2) is 8.42 Å². The summed E-state index contributed by atoms with van der Waals surface area (Å²) < 4.78 is 28.9. The van der Waals surface area contributed by atoms with E-state index in [4.69, 9.17) is 4.74 Å². The molecule has 0 aromatic heterocycles. The van der Waals surface area contributed by atoms with Gasteiger partial charge in [0.1, 0.15) is 5.75 Å². The van der Waals surface area contributed by atoms with Gasteiger partial charge in [0.2, 0.25) is 0 Å². The lowest BCUT2D eigenvalue weighted by molar-refractivity contribution is -0.133. The zero-order valence-electron chi connectivity index (χ0n) is 14.1. The molecule has 0 aliphatic carbocycles. The summed E-state index contributed by atoms with van der Waals surface area (Å²) in [5.74, 6) is 0.600. The average molecular weight is 359 g/mol. The lowest BCUT2D eigenvalue weighted by atomic mass is 10.1. The first-order valence-electron chi connectivity index (χ1n) is 8.19. The molecule has 1 heterocycles. The number of hydrogen-bond donors (Lipinski definition) is 0. The Morgan fingerprint density at radius 1 is 1.12 bits per heavy atom. The van der Waals surface area contributed by atoms with Gasteiger partial charge in [-0.1, -0.05) is 48.5 Å². The maximum absolute atomic E-state index is 12.4. The lowest BCUT2D eigenvalue weighted by Crippen LogP contribution is -2.40. The Morgan fingerprint density at radius 3 is 2.48 bits per heavy atom. The van der Waals surface area contributed by atoms with E-state index < -0.39 is 9.84 Å². The SMILES string of the molecule is CN(C(=O)COc1ccccc1-c1ccccc1)C1CCS(=O)(=O)C1. The predicted molar refractivity (Wildman–Crippen MR) is 97.2 cm³/mol. The van der Waals surface area contributed by atoms with E-state index in [1.807, 2.05) is 54.6 Å². The number of carbonyl (C=O) groups is 1. The molecule has 0 N–H and O–H groups in total. The molecule has 25 heavy (non-hydrogen) atoms. The molecule has 0 saturated carbocycles. The number of para-hydroxylation sites is 1. The van der Waals surface area contributed by atoms with Crippen LogP contribution in [0.15, 0.2) is 54.6 Å². The monoisotopic (exact) mass is 359 g/mol. The second-order valence-electron chi connectivity index (χ2n) is 6.21. The minimum atomic E-state index is -3.02. The van der Waals surface area contributed by atoms with Gasteiger partial charge in [0.05, 0.1) is 11.5 Å². The van der Waals surface area contributed by atoms with E-state index in [1.54, 1.807) is 7.05 Å². The Hall–Kier alpha value is -2.34. The molecule has 0 bridgehead atoms. The van der Waals surface area contributed by atoms with Crippen LogP contribution in [0.2, 0.25) is 0 Å². The van der Waals surface area contributed by atoms with Gasteiger partial charge in [0.15, 0.2) is 16.4 Å². The first-order valence-corrected chi connectivity index (χ1v) is 10.0. The summed E-state index contributed by atoms with van der Waals surface area (Å²) in [6, 6.07) is 17.1. The summed E-state index contributed by atoms with van der Waals surface area (Å²) in [5, 5.41) is 0. The fourth-order valence-electron chi connectivity index (χ4n) is 2.97. The number of rotatable bonds is 5. The third-order valence-electron chi connectivity index (χ3n) is 4.47. The normalized spacial score (nSPS) is 18.7. The zero-order chi connectivity index (χ0) is 17.9. The Morgan fingerprint density at radius 2 is 1.80 bits per heavy atom. The van der Waals surface area contributed by atoms with Gasteiger partial charge in [-0.15, -0.1) is 0 Å². The van der Waals surface area contributed by atoms with E-state index >= 15 is 0 Å². The molecule has 0 radical (unpaired) electrons. The Bertz CT molecular complexity index is 849. The van der Waals surface area contributed by atoms with Gasteiger partial charge < -0.3 is 9.64 Å². The van der Waals surface area contributed by atoms with Crippen molar-refractivity contribution in [1.82, 2.24) is 4.90 Å². The van der Waals surface area contributed by atoms with Gasteiger partial charge >= 0.3 is 0 Å². The number of hydrogen-bond acceptors (Lipinski definition) is 4. The van der Waals surface area contributed by atoms with E-state index in [-0.39, 0.29) is 30.1 Å². The molecular weight excluding hydrogens is 338 g/mol. The van der Waals surface area contributed by atoms with E-state index in [0.29, 0.717) is 12.2 Å². The highest BCUT2D eigenvalue weighted by atomic mass is 32.2. The van der Waals surface area contributed by atoms with Crippen LogP contribution in [0.1, 0.15) is 6.42 Å². The largest absolute Gasteiger partial charge is 0.483 e. The van der Waals surface area contributed by atoms with Crippen LogP contribution in [-0.4, -0.2) is 50.4 Å². The number of amides is 1. The summed E-state index contributed by atoms with van der Waals surface area (Å²) in [6.45, 7) is -0.114. The number of carbonyl (C=O) groups excluding carboxylic acids is 1. The Labute approximate surface area is 148 Å². The first kappa shape index (κ1) is 17.5. The van der Waals surface area contributed by atoms with Gasteiger partial charge in [-0.05, 0) is 18.1 Å². The molecule has 1 unspecified atom stereocenters. The second-order valence-corrected chi connectivity index (χ2v) is 8.44. The molecule has 1 saturated heterocycles. The number of likely N-dealkylation sites (N-methyl/N-ethyl adjacent to an activating group) is 1. The highest BCUT2D eigenvalue weighted by molar-refractivity contribution is 7.91. The molecule has 1 fully saturated rings. The van der Waals surface area contributed by atoms with Crippen LogP contribution in [-0.2, 0) is 14.6 Å². The van der Waals surface area contributed by atoms with Gasteiger partial charge in [0, 0.05) is 18.7 Å². The predicted octanol–water partition coefficient (Wildman–Crippen LogP) is 2.38. The standard InChI is InChI=1S/C19H21NO4S/c1-20(16-11-12-25(22,23)14-16)19(21)13-24-18-10-6-5-9-17(18)15-7-3-2-4-8-15/h2-10,16H,11-14H2,1H3. The molecule has 1 aliphatic rings. The number of sulfone groups is 1. The Kier molecular flexibility index (Phi) is 5.08. The van der Waals surface area contributed by atoms with Crippen molar-refractivity contribution < 1.29 is 17.9 Å². The molecule has 3 rings (SSSR count). The van der Waals surface area contributed by atoms with Crippen molar-refractivity contribution in [2.24, 2.45) is 0 Å². The maximum atomic E-state index is 12.4. The van der Waals surface area contributed by atoms with Crippen molar-refractivity contribution in [3.05, 3.63) is 54.6 Å². The topological polar surface area (TPSA) is 63.7 Å². The fraction of sp³-hybridized carbons (Fsp3) is 0.316. The summed E-state index contributed by atoms with van der Waals surface area (Å²) in [6.07, 6.45) is 0.491. The third-order valence-corrected chi connectivity index (χ3v) is 6.22. The van der Waals surface area contributed by atoms with Gasteiger partial charge in [0.25, 0.3) is 5.91 Å². The van der Waals surface area contributed by atoms with Crippen molar-refractivity contribution in [1.29, 1.82) is 0 Å². The van der Waals surface area contributed by atoms with E-state index in [2.05, 4.69) is 0 Å². The second kappa shape index (κ2) is 7.27. The van der Waals surface area contributed by atoms with E-state index in [0.717, 1.165) is 11.1 Å². The highest BCUT2D eigenvalue weighted by Crippen LogP contribution is 2.29. The molecule has 1 amide bonds. The lowest BCUT2D eigenvalue weighted by Gasteiger charge is -2.23. The van der Waals surface area contributed by atoms with E-state index in [1.165, 1.54) is 4.90 Å². The van der Waals surface area contributed by atoms with Crippen LogP contribution in [0, 0.1) is 0 Å². The highest BCUT2D eigenvalue weighted by Gasteiger charge is 2.32. The minimum absolute atomic E-state index is 0.0375. The van der Waals surface area contributed by atoms with Crippen LogP contribution in [0.3, 0.4) is 0 Å². The minimum Gasteiger partial charge on any atom is -0.483 e. The van der Waals surface area contributed by atoms with Gasteiger partial charge in [-0.3, -0.25) is 4.79 Å². The van der Waals surface area contributed by atoms with Crippen molar-refractivity contribution in [2.75, 3.05) is 25.2 Å². The van der Waals surface area contributed by atoms with Crippen LogP contribution < -0.4 is 4.74 Å². The number of nitrogens with zero attached hydrogens (tertiary/aromatic N) is 1. The molecule has 2 aromatic rings. The van der Waals surface area contributed by atoms with Crippen molar-refractivity contribution >= 4 is 15.7 Å². The Balaban J connectivity index is 1.67. The molecule has 2 aromatic carbocycles. The summed E-state index contributed by atoms with van der Waals surface area (Å²) in [7, 11) is -1.38. The molecule has 1 atom stereocenters. The maximum Gasteiger partial charge on any atom is 0.260 e. The summed E-state index contributed by atoms with van der Waals surface area (Å²) in [4.78, 5) is 13.9. The fourth-order valence-corrected chi connectivity index (χ4v) is 4.75. The molecular formula is C19H21NO4S. The summed E-state index contributed by atoms with van der Waals surface area (Å²) in [5.41, 5.74) is 1.93. The van der Waals surface area contributed by atoms with E-state index in [9.17, 15) is 13.2 Å². The van der Waals surface area contributed by atoms with Gasteiger partial charge in [-0.2, -0.15) is 0 Å².